The number of unbranched alkanes of at least 4 members (excludes halogenated alkanes) is 2. The lowest BCUT2D eigenvalue weighted by atomic mass is 10.1. The summed E-state index contributed by atoms with van der Waals surface area (Å²) >= 11 is 6.08. The predicted molar refractivity (Wildman–Crippen MR) is 83.5 cm³/mol. The molecule has 0 aromatic heterocycles. The van der Waals surface area contributed by atoms with Gasteiger partial charge in [-0.15, -0.1) is 0 Å². The molecule has 0 saturated heterocycles. The van der Waals surface area contributed by atoms with Crippen LogP contribution in [0.25, 0.3) is 0 Å². The van der Waals surface area contributed by atoms with Gasteiger partial charge in [0, 0.05) is 13.1 Å². The molecule has 116 valence electrons. The van der Waals surface area contributed by atoms with Crippen LogP contribution < -0.4 is 0 Å². The number of methoxy groups -OCH3 is 1. The number of amides is 1. The lowest BCUT2D eigenvalue weighted by Crippen LogP contribution is -2.34. The molecule has 1 aromatic carbocycles. The van der Waals surface area contributed by atoms with E-state index < -0.39 is 0 Å². The normalized spacial score (nSPS) is 10.2. The molecule has 1 rings (SSSR count). The molecular weight excluding hydrogens is 290 g/mol. The van der Waals surface area contributed by atoms with E-state index in [9.17, 15) is 9.59 Å². The number of hydrogen-bond acceptors (Lipinski definition) is 3. The van der Waals surface area contributed by atoms with Crippen molar-refractivity contribution in [1.82, 2.24) is 4.90 Å². The van der Waals surface area contributed by atoms with E-state index in [4.69, 9.17) is 11.6 Å². The quantitative estimate of drug-likeness (QED) is 0.545. The van der Waals surface area contributed by atoms with Crippen molar-refractivity contribution in [3.63, 3.8) is 0 Å². The number of rotatable bonds is 8. The van der Waals surface area contributed by atoms with Gasteiger partial charge < -0.3 is 9.64 Å². The van der Waals surface area contributed by atoms with Gasteiger partial charge in [0.15, 0.2) is 0 Å². The first-order chi connectivity index (χ1) is 10.1. The van der Waals surface area contributed by atoms with Gasteiger partial charge in [0.05, 0.1) is 24.1 Å². The highest BCUT2D eigenvalue weighted by Gasteiger charge is 2.18. The lowest BCUT2D eigenvalue weighted by Gasteiger charge is -2.22. The fraction of sp³-hybridized carbons (Fsp3) is 0.500. The average Bonchev–Trinajstić information content (AvgIpc) is 2.50. The van der Waals surface area contributed by atoms with Crippen LogP contribution >= 0.6 is 11.6 Å². The second-order valence-corrected chi connectivity index (χ2v) is 5.21. The number of hydrogen-bond donors (Lipinski definition) is 0. The molecule has 0 heterocycles. The molecule has 21 heavy (non-hydrogen) atoms. The third-order valence-corrected chi connectivity index (χ3v) is 3.57. The SMILES string of the molecule is CCCCCN(CCC(=O)OC)C(=O)c1ccccc1Cl. The van der Waals surface area contributed by atoms with Crippen LogP contribution in [-0.4, -0.2) is 37.0 Å². The first kappa shape index (κ1) is 17.5. The van der Waals surface area contributed by atoms with Gasteiger partial charge in [-0.3, -0.25) is 9.59 Å². The van der Waals surface area contributed by atoms with E-state index in [0.717, 1.165) is 19.3 Å². The van der Waals surface area contributed by atoms with E-state index in [2.05, 4.69) is 11.7 Å². The topological polar surface area (TPSA) is 46.6 Å². The third kappa shape index (κ3) is 5.76. The number of ether oxygens (including phenoxy) is 1. The average molecular weight is 312 g/mol. The Kier molecular flexibility index (Phi) is 7.83. The highest BCUT2D eigenvalue weighted by atomic mass is 35.5. The van der Waals surface area contributed by atoms with Crippen LogP contribution in [0.5, 0.6) is 0 Å². The second-order valence-electron chi connectivity index (χ2n) is 4.81. The molecule has 0 bridgehead atoms. The molecule has 0 saturated carbocycles. The minimum atomic E-state index is -0.317. The molecule has 0 unspecified atom stereocenters. The van der Waals surface area contributed by atoms with Crippen LogP contribution in [0.1, 0.15) is 43.0 Å². The Balaban J connectivity index is 2.76. The van der Waals surface area contributed by atoms with Crippen molar-refractivity contribution in [1.29, 1.82) is 0 Å². The third-order valence-electron chi connectivity index (χ3n) is 3.24. The van der Waals surface area contributed by atoms with Crippen molar-refractivity contribution in [3.05, 3.63) is 34.9 Å². The second kappa shape index (κ2) is 9.40. The molecule has 0 aliphatic heterocycles. The maximum Gasteiger partial charge on any atom is 0.307 e. The fourth-order valence-electron chi connectivity index (χ4n) is 2.00. The van der Waals surface area contributed by atoms with Crippen LogP contribution in [0.4, 0.5) is 0 Å². The van der Waals surface area contributed by atoms with E-state index >= 15 is 0 Å². The van der Waals surface area contributed by atoms with E-state index in [-0.39, 0.29) is 18.3 Å². The molecule has 0 fully saturated rings. The van der Waals surface area contributed by atoms with Crippen molar-refractivity contribution in [2.75, 3.05) is 20.2 Å². The van der Waals surface area contributed by atoms with Crippen molar-refractivity contribution in [2.24, 2.45) is 0 Å². The van der Waals surface area contributed by atoms with Crippen molar-refractivity contribution in [3.8, 4) is 0 Å². The summed E-state index contributed by atoms with van der Waals surface area (Å²) in [6, 6.07) is 6.97. The number of carbonyl (C=O) groups is 2. The molecule has 0 aliphatic carbocycles. The fourth-order valence-corrected chi connectivity index (χ4v) is 2.22. The monoisotopic (exact) mass is 311 g/mol. The van der Waals surface area contributed by atoms with E-state index in [1.165, 1.54) is 7.11 Å². The first-order valence-electron chi connectivity index (χ1n) is 7.20. The Morgan fingerprint density at radius 1 is 1.19 bits per heavy atom. The number of carbonyl (C=O) groups excluding carboxylic acids is 2. The maximum absolute atomic E-state index is 12.6. The molecule has 5 heteroatoms. The van der Waals surface area contributed by atoms with Crippen LogP contribution in [0, 0.1) is 0 Å². The van der Waals surface area contributed by atoms with Crippen LogP contribution in [0.15, 0.2) is 24.3 Å². The molecule has 4 nitrogen and oxygen atoms in total. The Morgan fingerprint density at radius 3 is 2.52 bits per heavy atom. The minimum absolute atomic E-state index is 0.138. The van der Waals surface area contributed by atoms with Gasteiger partial charge in [0.1, 0.15) is 0 Å². The minimum Gasteiger partial charge on any atom is -0.469 e. The van der Waals surface area contributed by atoms with Gasteiger partial charge in [-0.25, -0.2) is 0 Å². The van der Waals surface area contributed by atoms with Crippen LogP contribution in [-0.2, 0) is 9.53 Å². The van der Waals surface area contributed by atoms with Crippen LogP contribution in [0.2, 0.25) is 5.02 Å². The summed E-state index contributed by atoms with van der Waals surface area (Å²) in [6.07, 6.45) is 3.22. The molecule has 0 radical (unpaired) electrons. The van der Waals surface area contributed by atoms with Gasteiger partial charge in [0.25, 0.3) is 5.91 Å². The van der Waals surface area contributed by atoms with E-state index in [1.807, 2.05) is 0 Å². The van der Waals surface area contributed by atoms with Crippen LogP contribution in [0.3, 0.4) is 0 Å². The molecule has 0 spiro atoms. The molecule has 1 aromatic rings. The highest BCUT2D eigenvalue weighted by molar-refractivity contribution is 6.33. The van der Waals surface area contributed by atoms with Crippen molar-refractivity contribution in [2.45, 2.75) is 32.6 Å². The molecular formula is C16H22ClNO3. The number of nitrogens with zero attached hydrogens (tertiary/aromatic N) is 1. The van der Waals surface area contributed by atoms with Gasteiger partial charge in [-0.05, 0) is 18.6 Å². The number of esters is 1. The zero-order chi connectivity index (χ0) is 15.7. The smallest absolute Gasteiger partial charge is 0.307 e. The zero-order valence-electron chi connectivity index (χ0n) is 12.6. The van der Waals surface area contributed by atoms with E-state index in [0.29, 0.717) is 23.7 Å². The number of halogens is 1. The van der Waals surface area contributed by atoms with Gasteiger partial charge in [-0.1, -0.05) is 43.5 Å². The largest absolute Gasteiger partial charge is 0.469 e. The van der Waals surface area contributed by atoms with E-state index in [1.54, 1.807) is 29.2 Å². The van der Waals surface area contributed by atoms with Gasteiger partial charge in [0.2, 0.25) is 0 Å². The molecule has 0 atom stereocenters. The van der Waals surface area contributed by atoms with Gasteiger partial charge >= 0.3 is 5.97 Å². The summed E-state index contributed by atoms with van der Waals surface area (Å²) in [6.45, 7) is 3.07. The Hall–Kier alpha value is -1.55. The summed E-state index contributed by atoms with van der Waals surface area (Å²) < 4.78 is 4.63. The van der Waals surface area contributed by atoms with Gasteiger partial charge in [-0.2, -0.15) is 0 Å². The lowest BCUT2D eigenvalue weighted by molar-refractivity contribution is -0.140. The summed E-state index contributed by atoms with van der Waals surface area (Å²) in [5, 5.41) is 0.432. The number of benzene rings is 1. The molecule has 0 aliphatic rings. The molecule has 0 N–H and O–H groups in total. The summed E-state index contributed by atoms with van der Waals surface area (Å²) in [7, 11) is 1.35. The summed E-state index contributed by atoms with van der Waals surface area (Å²) in [5.74, 6) is -0.456. The summed E-state index contributed by atoms with van der Waals surface area (Å²) in [5.41, 5.74) is 0.473. The standard InChI is InChI=1S/C16H22ClNO3/c1-3-4-7-11-18(12-10-15(19)21-2)16(20)13-8-5-6-9-14(13)17/h5-6,8-9H,3-4,7,10-12H2,1-2H3. The Bertz CT molecular complexity index is 476. The Morgan fingerprint density at radius 2 is 1.90 bits per heavy atom. The van der Waals surface area contributed by atoms with Crippen molar-refractivity contribution >= 4 is 23.5 Å². The Labute approximate surface area is 131 Å². The first-order valence-corrected chi connectivity index (χ1v) is 7.58. The van der Waals surface area contributed by atoms with Crippen molar-refractivity contribution < 1.29 is 14.3 Å². The highest BCUT2D eigenvalue weighted by Crippen LogP contribution is 2.17. The zero-order valence-corrected chi connectivity index (χ0v) is 13.4. The molecule has 1 amide bonds. The summed E-state index contributed by atoms with van der Waals surface area (Å²) in [4.78, 5) is 25.5. The maximum atomic E-state index is 12.6. The predicted octanol–water partition coefficient (Wildman–Crippen LogP) is 3.54.